The van der Waals surface area contributed by atoms with E-state index in [2.05, 4.69) is 39.8 Å². The van der Waals surface area contributed by atoms with Crippen LogP contribution in [-0.2, 0) is 11.3 Å². The molecule has 2 N–H and O–H groups in total. The predicted molar refractivity (Wildman–Crippen MR) is 118 cm³/mol. The van der Waals surface area contributed by atoms with Crippen LogP contribution in [0.1, 0.15) is 31.7 Å². The molecule has 0 amide bonds. The van der Waals surface area contributed by atoms with Gasteiger partial charge in [0.1, 0.15) is 0 Å². The molecular formula is C19H30IN5O. The molecule has 0 unspecified atom stereocenters. The topological polar surface area (TPSA) is 63.5 Å². The fourth-order valence-corrected chi connectivity index (χ4v) is 2.37. The van der Waals surface area contributed by atoms with Crippen molar-refractivity contribution < 1.29 is 4.74 Å². The summed E-state index contributed by atoms with van der Waals surface area (Å²) < 4.78 is 7.42. The summed E-state index contributed by atoms with van der Waals surface area (Å²) in [5.41, 5.74) is 2.23. The Hall–Kier alpha value is -1.61. The summed E-state index contributed by atoms with van der Waals surface area (Å²) in [4.78, 5) is 4.26. The predicted octanol–water partition coefficient (Wildman–Crippen LogP) is 3.36. The van der Waals surface area contributed by atoms with Crippen molar-refractivity contribution in [2.75, 3.05) is 26.8 Å². The molecule has 0 aliphatic carbocycles. The fourth-order valence-electron chi connectivity index (χ4n) is 2.37. The Morgan fingerprint density at radius 3 is 2.77 bits per heavy atom. The number of nitrogens with zero attached hydrogens (tertiary/aromatic N) is 3. The maximum absolute atomic E-state index is 5.56. The van der Waals surface area contributed by atoms with Gasteiger partial charge < -0.3 is 15.4 Å². The number of benzene rings is 1. The molecule has 1 aromatic carbocycles. The molecule has 0 aliphatic rings. The molecule has 0 saturated carbocycles. The molecule has 2 rings (SSSR count). The number of hydrogen-bond donors (Lipinski definition) is 2. The van der Waals surface area contributed by atoms with Crippen LogP contribution >= 0.6 is 24.0 Å². The van der Waals surface area contributed by atoms with E-state index in [4.69, 9.17) is 4.74 Å². The monoisotopic (exact) mass is 471 g/mol. The first kappa shape index (κ1) is 22.4. The summed E-state index contributed by atoms with van der Waals surface area (Å²) in [5.74, 6) is 0.804. The third kappa shape index (κ3) is 8.18. The van der Waals surface area contributed by atoms with E-state index < -0.39 is 0 Å². The van der Waals surface area contributed by atoms with E-state index in [1.54, 1.807) is 13.2 Å². The van der Waals surface area contributed by atoms with E-state index in [1.165, 1.54) is 12.0 Å². The Morgan fingerprint density at radius 1 is 1.19 bits per heavy atom. The molecule has 2 aromatic rings. The number of aromatic nitrogens is 2. The molecule has 0 fully saturated rings. The van der Waals surface area contributed by atoms with E-state index >= 15 is 0 Å². The zero-order chi connectivity index (χ0) is 17.7. The van der Waals surface area contributed by atoms with Gasteiger partial charge in [0.05, 0.1) is 5.69 Å². The van der Waals surface area contributed by atoms with Crippen molar-refractivity contribution in [2.45, 2.75) is 32.7 Å². The Bertz CT molecular complexity index is 631. The van der Waals surface area contributed by atoms with Crippen molar-refractivity contribution in [3.8, 4) is 5.69 Å². The Balaban J connectivity index is 0.00000338. The SMILES string of the molecule is CCCCOCCCNC(=NC)NCc1cccc(-n2cccn2)c1.I. The van der Waals surface area contributed by atoms with Crippen molar-refractivity contribution in [1.29, 1.82) is 0 Å². The third-order valence-corrected chi connectivity index (χ3v) is 3.76. The van der Waals surface area contributed by atoms with E-state index in [9.17, 15) is 0 Å². The number of halogens is 1. The molecule has 6 nitrogen and oxygen atoms in total. The number of guanidine groups is 1. The molecule has 1 heterocycles. The van der Waals surface area contributed by atoms with E-state index in [-0.39, 0.29) is 24.0 Å². The van der Waals surface area contributed by atoms with Gasteiger partial charge in [0, 0.05) is 45.7 Å². The second-order valence-corrected chi connectivity index (χ2v) is 5.79. The van der Waals surface area contributed by atoms with Crippen molar-refractivity contribution >= 4 is 29.9 Å². The Morgan fingerprint density at radius 2 is 2.04 bits per heavy atom. The molecule has 0 radical (unpaired) electrons. The molecule has 0 spiro atoms. The summed E-state index contributed by atoms with van der Waals surface area (Å²) in [6, 6.07) is 10.2. The van der Waals surface area contributed by atoms with Crippen molar-refractivity contribution in [3.63, 3.8) is 0 Å². The van der Waals surface area contributed by atoms with Gasteiger partial charge in [-0.25, -0.2) is 4.68 Å². The number of hydrogen-bond acceptors (Lipinski definition) is 3. The first-order valence-electron chi connectivity index (χ1n) is 8.94. The second kappa shape index (κ2) is 13.6. The van der Waals surface area contributed by atoms with Gasteiger partial charge in [0.2, 0.25) is 0 Å². The number of unbranched alkanes of at least 4 members (excludes halogenated alkanes) is 1. The van der Waals surface area contributed by atoms with Gasteiger partial charge >= 0.3 is 0 Å². The largest absolute Gasteiger partial charge is 0.381 e. The lowest BCUT2D eigenvalue weighted by Gasteiger charge is -2.12. The maximum Gasteiger partial charge on any atom is 0.191 e. The highest BCUT2D eigenvalue weighted by Gasteiger charge is 2.01. The van der Waals surface area contributed by atoms with Gasteiger partial charge in [-0.2, -0.15) is 5.10 Å². The molecule has 1 aromatic heterocycles. The molecule has 26 heavy (non-hydrogen) atoms. The normalized spacial score (nSPS) is 11.1. The average Bonchev–Trinajstić information content (AvgIpc) is 3.18. The summed E-state index contributed by atoms with van der Waals surface area (Å²) in [7, 11) is 1.78. The standard InChI is InChI=1S/C19H29N5O.HI/c1-3-4-13-25-14-7-10-21-19(20-2)22-16-17-8-5-9-18(15-17)24-12-6-11-23-24;/h5-6,8-9,11-12,15H,3-4,7,10,13-14,16H2,1-2H3,(H2,20,21,22);1H. The van der Waals surface area contributed by atoms with Gasteiger partial charge in [-0.15, -0.1) is 24.0 Å². The van der Waals surface area contributed by atoms with Crippen LogP contribution in [0.4, 0.5) is 0 Å². The minimum Gasteiger partial charge on any atom is -0.381 e. The van der Waals surface area contributed by atoms with E-state index in [1.807, 2.05) is 29.1 Å². The van der Waals surface area contributed by atoms with Crippen LogP contribution in [-0.4, -0.2) is 42.5 Å². The zero-order valence-corrected chi connectivity index (χ0v) is 18.0. The van der Waals surface area contributed by atoms with Gasteiger partial charge in [0.15, 0.2) is 5.96 Å². The van der Waals surface area contributed by atoms with Gasteiger partial charge in [-0.3, -0.25) is 4.99 Å². The molecule has 7 heteroatoms. The molecule has 144 valence electrons. The quantitative estimate of drug-likeness (QED) is 0.242. The highest BCUT2D eigenvalue weighted by atomic mass is 127. The molecule has 0 saturated heterocycles. The summed E-state index contributed by atoms with van der Waals surface area (Å²) in [6.45, 7) is 5.37. The van der Waals surface area contributed by atoms with Crippen molar-refractivity contribution in [2.24, 2.45) is 4.99 Å². The smallest absolute Gasteiger partial charge is 0.191 e. The lowest BCUT2D eigenvalue weighted by atomic mass is 10.2. The first-order chi connectivity index (χ1) is 12.3. The Kier molecular flexibility index (Phi) is 11.7. The number of rotatable bonds is 10. The second-order valence-electron chi connectivity index (χ2n) is 5.79. The van der Waals surface area contributed by atoms with Gasteiger partial charge in [0.25, 0.3) is 0 Å². The molecule has 0 atom stereocenters. The van der Waals surface area contributed by atoms with Crippen LogP contribution in [0.2, 0.25) is 0 Å². The summed E-state index contributed by atoms with van der Waals surface area (Å²) in [6.07, 6.45) is 7.00. The summed E-state index contributed by atoms with van der Waals surface area (Å²) in [5, 5.41) is 10.9. The average molecular weight is 471 g/mol. The van der Waals surface area contributed by atoms with Crippen LogP contribution in [0.15, 0.2) is 47.7 Å². The summed E-state index contributed by atoms with van der Waals surface area (Å²) >= 11 is 0. The van der Waals surface area contributed by atoms with Crippen LogP contribution in [0.3, 0.4) is 0 Å². The minimum absolute atomic E-state index is 0. The highest BCUT2D eigenvalue weighted by molar-refractivity contribution is 14.0. The van der Waals surface area contributed by atoms with Crippen LogP contribution in [0, 0.1) is 0 Å². The maximum atomic E-state index is 5.56. The van der Waals surface area contributed by atoms with E-state index in [0.29, 0.717) is 6.54 Å². The van der Waals surface area contributed by atoms with Crippen LogP contribution in [0.5, 0.6) is 0 Å². The lowest BCUT2D eigenvalue weighted by Crippen LogP contribution is -2.37. The molecule has 0 aliphatic heterocycles. The van der Waals surface area contributed by atoms with Crippen molar-refractivity contribution in [1.82, 2.24) is 20.4 Å². The third-order valence-electron chi connectivity index (χ3n) is 3.76. The number of aliphatic imine (C=N–C) groups is 1. The van der Waals surface area contributed by atoms with Gasteiger partial charge in [-0.05, 0) is 36.6 Å². The molecule has 0 bridgehead atoms. The zero-order valence-electron chi connectivity index (χ0n) is 15.6. The van der Waals surface area contributed by atoms with Crippen LogP contribution in [0.25, 0.3) is 5.69 Å². The minimum atomic E-state index is 0. The van der Waals surface area contributed by atoms with Crippen LogP contribution < -0.4 is 10.6 Å². The fraction of sp³-hybridized carbons (Fsp3) is 0.474. The molecular weight excluding hydrogens is 441 g/mol. The Labute approximate surface area is 173 Å². The first-order valence-corrected chi connectivity index (χ1v) is 8.94. The van der Waals surface area contributed by atoms with E-state index in [0.717, 1.165) is 44.2 Å². The lowest BCUT2D eigenvalue weighted by molar-refractivity contribution is 0.129. The number of ether oxygens (including phenoxy) is 1. The van der Waals surface area contributed by atoms with Crippen molar-refractivity contribution in [3.05, 3.63) is 48.3 Å². The van der Waals surface area contributed by atoms with Gasteiger partial charge in [-0.1, -0.05) is 25.5 Å². The number of nitrogens with one attached hydrogen (secondary N) is 2. The highest BCUT2D eigenvalue weighted by Crippen LogP contribution is 2.09.